The molecule has 0 atom stereocenters. The quantitative estimate of drug-likeness (QED) is 0.566. The molecule has 1 aromatic carbocycles. The molecule has 8 heteroatoms. The Kier molecular flexibility index (Phi) is 6.69. The molecule has 3 aromatic rings. The molecule has 0 spiro atoms. The van der Waals surface area contributed by atoms with E-state index >= 15 is 0 Å². The summed E-state index contributed by atoms with van der Waals surface area (Å²) in [4.78, 5) is 20.2. The van der Waals surface area contributed by atoms with E-state index in [-0.39, 0.29) is 11.7 Å². The molecule has 0 aliphatic carbocycles. The third-order valence-corrected chi connectivity index (χ3v) is 4.82. The fraction of sp³-hybridized carbons (Fsp3) is 0.316. The molecule has 0 unspecified atom stereocenters. The van der Waals surface area contributed by atoms with Crippen LogP contribution in [0.5, 0.6) is 0 Å². The first-order chi connectivity index (χ1) is 13.2. The smallest absolute Gasteiger partial charge is 0.293 e. The van der Waals surface area contributed by atoms with Gasteiger partial charge in [-0.1, -0.05) is 24.3 Å². The summed E-state index contributed by atoms with van der Waals surface area (Å²) in [6.45, 7) is 1.78. The highest BCUT2D eigenvalue weighted by Gasteiger charge is 2.23. The number of aromatic nitrogens is 3. The number of carbonyl (C=O) groups excluding carboxylic acids is 1. The monoisotopic (exact) mass is 386 g/mol. The van der Waals surface area contributed by atoms with E-state index in [4.69, 9.17) is 9.47 Å². The van der Waals surface area contributed by atoms with Gasteiger partial charge in [-0.2, -0.15) is 0 Å². The van der Waals surface area contributed by atoms with E-state index < -0.39 is 0 Å². The zero-order valence-corrected chi connectivity index (χ0v) is 16.2. The van der Waals surface area contributed by atoms with Crippen molar-refractivity contribution in [1.82, 2.24) is 19.7 Å². The van der Waals surface area contributed by atoms with Gasteiger partial charge in [0.25, 0.3) is 5.91 Å². The Morgan fingerprint density at radius 2 is 1.78 bits per heavy atom. The molecule has 0 saturated heterocycles. The first-order valence-corrected chi connectivity index (χ1v) is 9.46. The molecule has 0 saturated carbocycles. The summed E-state index contributed by atoms with van der Waals surface area (Å²) < 4.78 is 11.9. The summed E-state index contributed by atoms with van der Waals surface area (Å²) in [6, 6.07) is 13.6. The van der Waals surface area contributed by atoms with Crippen molar-refractivity contribution in [3.05, 3.63) is 53.7 Å². The molecule has 142 valence electrons. The van der Waals surface area contributed by atoms with Gasteiger partial charge in [0.15, 0.2) is 5.82 Å². The number of thiophene rings is 1. The molecule has 7 nitrogen and oxygen atoms in total. The van der Waals surface area contributed by atoms with Crippen LogP contribution in [0.4, 0.5) is 0 Å². The Morgan fingerprint density at radius 3 is 2.37 bits per heavy atom. The highest BCUT2D eigenvalue weighted by molar-refractivity contribution is 7.13. The van der Waals surface area contributed by atoms with Gasteiger partial charge in [-0.05, 0) is 23.6 Å². The molecular formula is C19H22N4O3S. The molecular weight excluding hydrogens is 364 g/mol. The van der Waals surface area contributed by atoms with E-state index in [0.29, 0.717) is 32.1 Å². The lowest BCUT2D eigenvalue weighted by Gasteiger charge is -2.20. The van der Waals surface area contributed by atoms with Crippen LogP contribution in [0.1, 0.15) is 10.6 Å². The summed E-state index contributed by atoms with van der Waals surface area (Å²) in [5, 5.41) is 6.49. The number of rotatable bonds is 9. The van der Waals surface area contributed by atoms with Crippen LogP contribution in [-0.2, 0) is 9.47 Å². The van der Waals surface area contributed by atoms with Crippen molar-refractivity contribution in [2.75, 3.05) is 40.5 Å². The highest BCUT2D eigenvalue weighted by Crippen LogP contribution is 2.25. The Hall–Kier alpha value is -2.55. The second kappa shape index (κ2) is 9.40. The maximum absolute atomic E-state index is 13.0. The lowest BCUT2D eigenvalue weighted by molar-refractivity contribution is 0.0616. The summed E-state index contributed by atoms with van der Waals surface area (Å²) in [5.41, 5.74) is 0.854. The Labute approximate surface area is 162 Å². The highest BCUT2D eigenvalue weighted by atomic mass is 32.1. The van der Waals surface area contributed by atoms with E-state index in [1.807, 2.05) is 47.8 Å². The first-order valence-electron chi connectivity index (χ1n) is 8.58. The minimum Gasteiger partial charge on any atom is -0.383 e. The molecule has 3 rings (SSSR count). The SMILES string of the molecule is COCCN(CCOC)C(=O)c1nc(-c2cccs2)n(-c2ccccc2)n1. The number of nitrogens with zero attached hydrogens (tertiary/aromatic N) is 4. The fourth-order valence-electron chi connectivity index (χ4n) is 2.58. The van der Waals surface area contributed by atoms with E-state index in [9.17, 15) is 4.79 Å². The first kappa shape index (κ1) is 19.2. The lowest BCUT2D eigenvalue weighted by Crippen LogP contribution is -2.37. The summed E-state index contributed by atoms with van der Waals surface area (Å²) >= 11 is 1.56. The molecule has 0 fully saturated rings. The van der Waals surface area contributed by atoms with Gasteiger partial charge in [-0.15, -0.1) is 16.4 Å². The molecule has 2 heterocycles. The van der Waals surface area contributed by atoms with Crippen LogP contribution in [0.3, 0.4) is 0 Å². The maximum Gasteiger partial charge on any atom is 0.293 e. The van der Waals surface area contributed by atoms with Crippen LogP contribution in [0, 0.1) is 0 Å². The van der Waals surface area contributed by atoms with Crippen molar-refractivity contribution >= 4 is 17.2 Å². The zero-order valence-electron chi connectivity index (χ0n) is 15.4. The van der Waals surface area contributed by atoms with E-state index in [2.05, 4.69) is 10.1 Å². The number of benzene rings is 1. The molecule has 0 radical (unpaired) electrons. The Balaban J connectivity index is 1.96. The van der Waals surface area contributed by atoms with Crippen LogP contribution >= 0.6 is 11.3 Å². The number of carbonyl (C=O) groups is 1. The van der Waals surface area contributed by atoms with Crippen LogP contribution in [0.15, 0.2) is 47.8 Å². The predicted molar refractivity (Wildman–Crippen MR) is 104 cm³/mol. The third kappa shape index (κ3) is 4.60. The van der Waals surface area contributed by atoms with Crippen LogP contribution in [0.2, 0.25) is 0 Å². The van der Waals surface area contributed by atoms with Gasteiger partial charge in [0.2, 0.25) is 5.82 Å². The van der Waals surface area contributed by atoms with Crippen molar-refractivity contribution in [3.63, 3.8) is 0 Å². The van der Waals surface area contributed by atoms with Gasteiger partial charge >= 0.3 is 0 Å². The largest absolute Gasteiger partial charge is 0.383 e. The standard InChI is InChI=1S/C19H22N4O3S/c1-25-12-10-22(11-13-26-2)19(24)17-20-18(16-9-6-14-27-16)23(21-17)15-7-4-3-5-8-15/h3-9,14H,10-13H2,1-2H3. The van der Waals surface area contributed by atoms with Crippen LogP contribution in [0.25, 0.3) is 16.4 Å². The zero-order chi connectivity index (χ0) is 19.1. The Morgan fingerprint density at radius 1 is 1.07 bits per heavy atom. The number of amides is 1. The van der Waals surface area contributed by atoms with E-state index in [1.54, 1.807) is 35.1 Å². The van der Waals surface area contributed by atoms with Crippen molar-refractivity contribution in [3.8, 4) is 16.4 Å². The summed E-state index contributed by atoms with van der Waals surface area (Å²) in [5.74, 6) is 0.573. The van der Waals surface area contributed by atoms with Gasteiger partial charge in [0.1, 0.15) is 0 Å². The number of ether oxygens (including phenoxy) is 2. The minimum absolute atomic E-state index is 0.162. The number of hydrogen-bond donors (Lipinski definition) is 0. The second-order valence-corrected chi connectivity index (χ2v) is 6.71. The van der Waals surface area contributed by atoms with Crippen molar-refractivity contribution in [1.29, 1.82) is 0 Å². The van der Waals surface area contributed by atoms with Gasteiger partial charge in [0, 0.05) is 27.3 Å². The van der Waals surface area contributed by atoms with Crippen LogP contribution in [-0.4, -0.2) is 66.1 Å². The van der Waals surface area contributed by atoms with Gasteiger partial charge < -0.3 is 14.4 Å². The lowest BCUT2D eigenvalue weighted by atomic mass is 10.3. The Bertz CT molecular complexity index is 841. The predicted octanol–water partition coefficient (Wildman–Crippen LogP) is 2.73. The number of para-hydroxylation sites is 1. The average molecular weight is 386 g/mol. The molecule has 0 aliphatic heterocycles. The van der Waals surface area contributed by atoms with Gasteiger partial charge in [-0.3, -0.25) is 4.79 Å². The minimum atomic E-state index is -0.239. The number of methoxy groups -OCH3 is 2. The van der Waals surface area contributed by atoms with Gasteiger partial charge in [-0.25, -0.2) is 9.67 Å². The van der Waals surface area contributed by atoms with Gasteiger partial charge in [0.05, 0.1) is 23.8 Å². The number of hydrogen-bond acceptors (Lipinski definition) is 6. The van der Waals surface area contributed by atoms with E-state index in [1.165, 1.54) is 0 Å². The maximum atomic E-state index is 13.0. The normalized spacial score (nSPS) is 10.9. The van der Waals surface area contributed by atoms with Crippen molar-refractivity contribution < 1.29 is 14.3 Å². The van der Waals surface area contributed by atoms with Crippen molar-refractivity contribution in [2.45, 2.75) is 0 Å². The second-order valence-electron chi connectivity index (χ2n) is 5.76. The summed E-state index contributed by atoms with van der Waals surface area (Å²) in [7, 11) is 3.21. The average Bonchev–Trinajstić information content (AvgIpc) is 3.38. The molecule has 27 heavy (non-hydrogen) atoms. The van der Waals surface area contributed by atoms with Crippen molar-refractivity contribution in [2.24, 2.45) is 0 Å². The molecule has 1 amide bonds. The molecule has 0 bridgehead atoms. The molecule has 0 N–H and O–H groups in total. The van der Waals surface area contributed by atoms with Crippen LogP contribution < -0.4 is 0 Å². The molecule has 2 aromatic heterocycles. The fourth-order valence-corrected chi connectivity index (χ4v) is 3.27. The third-order valence-electron chi connectivity index (χ3n) is 3.96. The topological polar surface area (TPSA) is 69.5 Å². The molecule has 0 aliphatic rings. The summed E-state index contributed by atoms with van der Waals surface area (Å²) in [6.07, 6.45) is 0. The van der Waals surface area contributed by atoms with E-state index in [0.717, 1.165) is 10.6 Å².